The molecule has 0 radical (unpaired) electrons. The number of nitrogens with zero attached hydrogens (tertiary/aromatic N) is 3. The van der Waals surface area contributed by atoms with E-state index in [2.05, 4.69) is 14.9 Å². The summed E-state index contributed by atoms with van der Waals surface area (Å²) in [7, 11) is -2.20. The second-order valence-corrected chi connectivity index (χ2v) is 9.64. The topological polar surface area (TPSA) is 115 Å². The van der Waals surface area contributed by atoms with Gasteiger partial charge < -0.3 is 14.2 Å². The summed E-state index contributed by atoms with van der Waals surface area (Å²) < 4.78 is 38.4. The summed E-state index contributed by atoms with van der Waals surface area (Å²) in [5.74, 6) is 1.49. The Labute approximate surface area is 185 Å². The second kappa shape index (κ2) is 8.03. The van der Waals surface area contributed by atoms with Crippen molar-refractivity contribution < 1.29 is 22.5 Å². The molecule has 1 saturated carbocycles. The van der Waals surface area contributed by atoms with Crippen LogP contribution in [0.15, 0.2) is 51.9 Å². The van der Waals surface area contributed by atoms with E-state index in [9.17, 15) is 13.2 Å². The molecule has 3 aromatic rings. The lowest BCUT2D eigenvalue weighted by Crippen LogP contribution is -2.30. The molecule has 2 heterocycles. The van der Waals surface area contributed by atoms with Crippen LogP contribution < -0.4 is 14.4 Å². The summed E-state index contributed by atoms with van der Waals surface area (Å²) in [5, 5.41) is 3.91. The summed E-state index contributed by atoms with van der Waals surface area (Å²) in [4.78, 5) is 18.6. The van der Waals surface area contributed by atoms with E-state index in [4.69, 9.17) is 9.26 Å². The minimum Gasteiger partial charge on any atom is -0.497 e. The van der Waals surface area contributed by atoms with Gasteiger partial charge in [0.2, 0.25) is 27.6 Å². The van der Waals surface area contributed by atoms with Gasteiger partial charge in [0.15, 0.2) is 0 Å². The second-order valence-electron chi connectivity index (χ2n) is 7.87. The molecule has 5 rings (SSSR count). The van der Waals surface area contributed by atoms with Gasteiger partial charge in [0.1, 0.15) is 5.75 Å². The molecule has 9 nitrogen and oxygen atoms in total. The number of carbonyl (C=O) groups excluding carboxylic acids is 1. The van der Waals surface area contributed by atoms with Crippen molar-refractivity contribution >= 4 is 21.6 Å². The van der Waals surface area contributed by atoms with Gasteiger partial charge in [-0.3, -0.25) is 4.79 Å². The first-order valence-corrected chi connectivity index (χ1v) is 11.8. The van der Waals surface area contributed by atoms with Crippen molar-refractivity contribution in [3.05, 3.63) is 53.9 Å². The van der Waals surface area contributed by atoms with E-state index in [0.29, 0.717) is 24.5 Å². The van der Waals surface area contributed by atoms with E-state index in [0.717, 1.165) is 29.7 Å². The number of rotatable bonds is 7. The lowest BCUT2D eigenvalue weighted by molar-refractivity contribution is -0.119. The molecule has 1 amide bonds. The highest BCUT2D eigenvalue weighted by molar-refractivity contribution is 7.89. The predicted molar refractivity (Wildman–Crippen MR) is 116 cm³/mol. The minimum atomic E-state index is -3.78. The molecule has 166 valence electrons. The van der Waals surface area contributed by atoms with Crippen LogP contribution in [0.4, 0.5) is 5.69 Å². The third-order valence-electron chi connectivity index (χ3n) is 5.68. The fourth-order valence-electron chi connectivity index (χ4n) is 3.75. The molecule has 0 bridgehead atoms. The zero-order valence-corrected chi connectivity index (χ0v) is 18.3. The first-order chi connectivity index (χ1) is 15.4. The molecule has 0 saturated heterocycles. The number of aromatic nitrogens is 2. The van der Waals surface area contributed by atoms with Crippen LogP contribution >= 0.6 is 0 Å². The van der Waals surface area contributed by atoms with Crippen molar-refractivity contribution in [1.29, 1.82) is 0 Å². The highest BCUT2D eigenvalue weighted by atomic mass is 32.2. The van der Waals surface area contributed by atoms with Crippen molar-refractivity contribution in [3.63, 3.8) is 0 Å². The molecule has 32 heavy (non-hydrogen) atoms. The average Bonchev–Trinajstić information content (AvgIpc) is 3.40. The number of hydrogen-bond donors (Lipinski definition) is 1. The largest absolute Gasteiger partial charge is 0.497 e. The lowest BCUT2D eigenvalue weighted by Gasteiger charge is -2.17. The van der Waals surface area contributed by atoms with Crippen LogP contribution in [0.25, 0.3) is 11.4 Å². The van der Waals surface area contributed by atoms with E-state index in [1.165, 1.54) is 6.07 Å². The van der Waals surface area contributed by atoms with Crippen molar-refractivity contribution in [3.8, 4) is 17.1 Å². The Hall–Kier alpha value is -3.24. The average molecular weight is 455 g/mol. The molecule has 1 N–H and O–H groups in total. The molecule has 10 heteroatoms. The molecule has 1 fully saturated rings. The smallest absolute Gasteiger partial charge is 0.242 e. The summed E-state index contributed by atoms with van der Waals surface area (Å²) in [6.45, 7) is 0.465. The third kappa shape index (κ3) is 3.98. The molecule has 1 aromatic heterocycles. The van der Waals surface area contributed by atoms with E-state index >= 15 is 0 Å². The molecular formula is C22H22N4O5S. The zero-order valence-electron chi connectivity index (χ0n) is 17.4. The maximum absolute atomic E-state index is 12.8. The first kappa shape index (κ1) is 20.7. The van der Waals surface area contributed by atoms with Crippen molar-refractivity contribution in [2.24, 2.45) is 5.92 Å². The monoisotopic (exact) mass is 454 g/mol. The van der Waals surface area contributed by atoms with Crippen LogP contribution in [-0.2, 0) is 27.8 Å². The van der Waals surface area contributed by atoms with Crippen LogP contribution in [0.3, 0.4) is 0 Å². The van der Waals surface area contributed by atoms with Gasteiger partial charge in [-0.1, -0.05) is 5.16 Å². The number of hydrogen-bond acceptors (Lipinski definition) is 7. The SMILES string of the molecule is COc1ccc(-c2noc(CNS(=O)(=O)c3ccc4c(c3)CCN4C(=O)C3CC3)n2)cc1. The minimum absolute atomic E-state index is 0.128. The van der Waals surface area contributed by atoms with E-state index in [1.54, 1.807) is 48.4 Å². The van der Waals surface area contributed by atoms with Gasteiger partial charge in [-0.05, 0) is 67.3 Å². The number of nitrogens with one attached hydrogen (secondary N) is 1. The Balaban J connectivity index is 1.27. The van der Waals surface area contributed by atoms with Crippen LogP contribution in [0.5, 0.6) is 5.75 Å². The fourth-order valence-corrected chi connectivity index (χ4v) is 4.77. The Morgan fingerprint density at radius 1 is 1.22 bits per heavy atom. The molecule has 0 spiro atoms. The van der Waals surface area contributed by atoms with Gasteiger partial charge in [-0.2, -0.15) is 4.98 Å². The van der Waals surface area contributed by atoms with E-state index in [-0.39, 0.29) is 29.2 Å². The standard InChI is InChI=1S/C22H22N4O5S/c1-30-17-6-4-14(5-7-17)21-24-20(31-25-21)13-23-32(28,29)18-8-9-19-16(12-18)10-11-26(19)22(27)15-2-3-15/h4-9,12,15,23H,2-3,10-11,13H2,1H3. The molecule has 2 aliphatic rings. The van der Waals surface area contributed by atoms with Gasteiger partial charge in [-0.25, -0.2) is 13.1 Å². The van der Waals surface area contributed by atoms with Crippen molar-refractivity contribution in [1.82, 2.24) is 14.9 Å². The molecular weight excluding hydrogens is 432 g/mol. The van der Waals surface area contributed by atoms with Crippen LogP contribution in [0.1, 0.15) is 24.3 Å². The quantitative estimate of drug-likeness (QED) is 0.583. The molecule has 0 unspecified atom stereocenters. The molecule has 2 aromatic carbocycles. The number of methoxy groups -OCH3 is 1. The molecule has 1 aliphatic carbocycles. The van der Waals surface area contributed by atoms with Gasteiger partial charge in [0.25, 0.3) is 0 Å². The van der Waals surface area contributed by atoms with Crippen LogP contribution in [0.2, 0.25) is 0 Å². The maximum atomic E-state index is 12.8. The summed E-state index contributed by atoms with van der Waals surface area (Å²) in [5.41, 5.74) is 2.40. The highest BCUT2D eigenvalue weighted by Gasteiger charge is 2.36. The number of carbonyl (C=O) groups is 1. The number of fused-ring (bicyclic) bond motifs is 1. The fraction of sp³-hybridized carbons (Fsp3) is 0.318. The van der Waals surface area contributed by atoms with Crippen LogP contribution in [0, 0.1) is 5.92 Å². The normalized spacial score (nSPS) is 15.6. The number of anilines is 1. The maximum Gasteiger partial charge on any atom is 0.242 e. The van der Waals surface area contributed by atoms with E-state index < -0.39 is 10.0 Å². The Kier molecular flexibility index (Phi) is 5.18. The van der Waals surface area contributed by atoms with Gasteiger partial charge in [-0.15, -0.1) is 0 Å². The summed E-state index contributed by atoms with van der Waals surface area (Å²) in [6.07, 6.45) is 2.53. The summed E-state index contributed by atoms with van der Waals surface area (Å²) in [6, 6.07) is 12.0. The van der Waals surface area contributed by atoms with Gasteiger partial charge >= 0.3 is 0 Å². The number of sulfonamides is 1. The Morgan fingerprint density at radius 2 is 2.00 bits per heavy atom. The first-order valence-electron chi connectivity index (χ1n) is 10.4. The lowest BCUT2D eigenvalue weighted by atomic mass is 10.2. The highest BCUT2D eigenvalue weighted by Crippen LogP contribution is 2.37. The van der Waals surface area contributed by atoms with Crippen molar-refractivity contribution in [2.45, 2.75) is 30.7 Å². The molecule has 0 atom stereocenters. The van der Waals surface area contributed by atoms with Crippen LogP contribution in [-0.4, -0.2) is 38.1 Å². The van der Waals surface area contributed by atoms with E-state index in [1.807, 2.05) is 0 Å². The zero-order chi connectivity index (χ0) is 22.3. The van der Waals surface area contributed by atoms with Crippen molar-refractivity contribution in [2.75, 3.05) is 18.6 Å². The van der Waals surface area contributed by atoms with Gasteiger partial charge in [0, 0.05) is 23.7 Å². The Bertz CT molecular complexity index is 1270. The third-order valence-corrected chi connectivity index (χ3v) is 7.08. The predicted octanol–water partition coefficient (Wildman–Crippen LogP) is 2.52. The number of amides is 1. The van der Waals surface area contributed by atoms with Gasteiger partial charge in [0.05, 0.1) is 18.6 Å². The summed E-state index contributed by atoms with van der Waals surface area (Å²) >= 11 is 0. The Morgan fingerprint density at radius 3 is 2.72 bits per heavy atom. The number of benzene rings is 2. The number of ether oxygens (including phenoxy) is 1. The molecule has 1 aliphatic heterocycles.